The van der Waals surface area contributed by atoms with Gasteiger partial charge in [-0.05, 0) is 24.1 Å². The number of halogens is 4. The van der Waals surface area contributed by atoms with Crippen molar-refractivity contribution in [2.24, 2.45) is 0 Å². The van der Waals surface area contributed by atoms with Gasteiger partial charge in [0.2, 0.25) is 0 Å². The third-order valence-electron chi connectivity index (χ3n) is 1.55. The van der Waals surface area contributed by atoms with Crippen molar-refractivity contribution in [1.29, 1.82) is 5.26 Å². The number of nitrogens with zero attached hydrogens (tertiary/aromatic N) is 1. The summed E-state index contributed by atoms with van der Waals surface area (Å²) < 4.78 is 36.8. The molecule has 0 saturated heterocycles. The van der Waals surface area contributed by atoms with Crippen LogP contribution in [0.15, 0.2) is 18.2 Å². The first-order chi connectivity index (χ1) is 6.95. The van der Waals surface area contributed by atoms with Crippen LogP contribution in [0, 0.1) is 23.2 Å². The van der Waals surface area contributed by atoms with Crippen LogP contribution in [-0.2, 0) is 6.18 Å². The van der Waals surface area contributed by atoms with E-state index in [0.29, 0.717) is 0 Å². The zero-order valence-electron chi connectivity index (χ0n) is 7.19. The molecule has 0 N–H and O–H groups in total. The van der Waals surface area contributed by atoms with Crippen molar-refractivity contribution in [1.82, 2.24) is 0 Å². The second-order valence-electron chi connectivity index (χ2n) is 2.55. The van der Waals surface area contributed by atoms with Gasteiger partial charge in [0.15, 0.2) is 6.07 Å². The molecule has 1 rings (SSSR count). The lowest BCUT2D eigenvalue weighted by Crippen LogP contribution is -2.04. The fraction of sp³-hybridized carbons (Fsp3) is 0.100. The van der Waals surface area contributed by atoms with Gasteiger partial charge in [0.25, 0.3) is 0 Å². The van der Waals surface area contributed by atoms with Crippen molar-refractivity contribution in [3.63, 3.8) is 0 Å². The maximum atomic E-state index is 12.3. The van der Waals surface area contributed by atoms with Gasteiger partial charge in [0, 0.05) is 11.5 Å². The minimum Gasteiger partial charge on any atom is -0.183 e. The van der Waals surface area contributed by atoms with E-state index in [0.717, 1.165) is 18.2 Å². The van der Waals surface area contributed by atoms with Crippen molar-refractivity contribution in [2.75, 3.05) is 0 Å². The van der Waals surface area contributed by atoms with Crippen LogP contribution in [-0.4, -0.2) is 0 Å². The molecule has 0 unspecified atom stereocenters. The summed E-state index contributed by atoms with van der Waals surface area (Å²) in [5.41, 5.74) is -0.845. The summed E-state index contributed by atoms with van der Waals surface area (Å²) in [6, 6.07) is 4.28. The van der Waals surface area contributed by atoms with Crippen LogP contribution in [0.3, 0.4) is 0 Å². The predicted molar refractivity (Wildman–Crippen MR) is 48.9 cm³/mol. The van der Waals surface area contributed by atoms with Crippen molar-refractivity contribution in [2.45, 2.75) is 6.18 Å². The number of hydrogen-bond donors (Lipinski definition) is 0. The molecule has 0 amide bonds. The summed E-state index contributed by atoms with van der Waals surface area (Å²) in [4.78, 5) is 0. The Balaban J connectivity index is 3.24. The molecule has 0 saturated carbocycles. The summed E-state index contributed by atoms with van der Waals surface area (Å²) in [5.74, 6) is 4.22. The number of hydrogen-bond acceptors (Lipinski definition) is 1. The Morgan fingerprint density at radius 1 is 1.27 bits per heavy atom. The molecular weight excluding hydrogens is 227 g/mol. The molecule has 0 aliphatic rings. The Morgan fingerprint density at radius 2 is 1.93 bits per heavy atom. The van der Waals surface area contributed by atoms with Gasteiger partial charge < -0.3 is 0 Å². The Labute approximate surface area is 89.1 Å². The minimum absolute atomic E-state index is 0.00644. The third kappa shape index (κ3) is 2.90. The maximum Gasteiger partial charge on any atom is 0.416 e. The van der Waals surface area contributed by atoms with E-state index in [1.165, 1.54) is 6.07 Å². The molecule has 1 aromatic carbocycles. The molecule has 0 aromatic heterocycles. The first-order valence-corrected chi connectivity index (χ1v) is 4.10. The van der Waals surface area contributed by atoms with Gasteiger partial charge in [-0.15, -0.1) is 0 Å². The zero-order chi connectivity index (χ0) is 11.5. The molecular formula is C10H3ClF3N. The summed E-state index contributed by atoms with van der Waals surface area (Å²) >= 11 is 5.60. The molecule has 0 aliphatic carbocycles. The van der Waals surface area contributed by atoms with Crippen LogP contribution < -0.4 is 0 Å². The van der Waals surface area contributed by atoms with Gasteiger partial charge in [-0.1, -0.05) is 11.6 Å². The van der Waals surface area contributed by atoms with Gasteiger partial charge in [-0.3, -0.25) is 0 Å². The first kappa shape index (κ1) is 11.4. The monoisotopic (exact) mass is 229 g/mol. The van der Waals surface area contributed by atoms with E-state index in [1.54, 1.807) is 0 Å². The van der Waals surface area contributed by atoms with E-state index in [4.69, 9.17) is 16.9 Å². The standard InChI is InChI=1S/C10H3ClF3N/c11-9-4-3-8(10(12,13)14)6-7(9)2-1-5-15/h3-4,6H. The van der Waals surface area contributed by atoms with Crippen LogP contribution >= 0.6 is 11.6 Å². The fourth-order valence-corrected chi connectivity index (χ4v) is 1.06. The Hall–Kier alpha value is -1.65. The molecule has 0 bridgehead atoms. The molecule has 76 valence electrons. The van der Waals surface area contributed by atoms with Gasteiger partial charge >= 0.3 is 6.18 Å². The summed E-state index contributed by atoms with van der Waals surface area (Å²) in [5, 5.41) is 8.25. The van der Waals surface area contributed by atoms with E-state index in [2.05, 4.69) is 5.92 Å². The highest BCUT2D eigenvalue weighted by molar-refractivity contribution is 6.31. The number of alkyl halides is 3. The molecule has 0 spiro atoms. The number of benzene rings is 1. The SMILES string of the molecule is N#CC#Cc1cc(C(F)(F)F)ccc1Cl. The van der Waals surface area contributed by atoms with Gasteiger partial charge in [-0.2, -0.15) is 18.4 Å². The van der Waals surface area contributed by atoms with Crippen LogP contribution in [0.1, 0.15) is 11.1 Å². The quantitative estimate of drug-likeness (QED) is 0.627. The first-order valence-electron chi connectivity index (χ1n) is 3.72. The van der Waals surface area contributed by atoms with Gasteiger partial charge in [0.1, 0.15) is 0 Å². The lowest BCUT2D eigenvalue weighted by molar-refractivity contribution is -0.137. The Bertz CT molecular complexity index is 474. The lowest BCUT2D eigenvalue weighted by Gasteiger charge is -2.07. The second kappa shape index (κ2) is 4.25. The second-order valence-corrected chi connectivity index (χ2v) is 2.96. The molecule has 15 heavy (non-hydrogen) atoms. The highest BCUT2D eigenvalue weighted by Gasteiger charge is 2.30. The lowest BCUT2D eigenvalue weighted by atomic mass is 10.1. The molecule has 0 atom stereocenters. The topological polar surface area (TPSA) is 23.8 Å². The Kier molecular flexibility index (Phi) is 3.24. The average Bonchev–Trinajstić information content (AvgIpc) is 2.15. The van der Waals surface area contributed by atoms with E-state index >= 15 is 0 Å². The van der Waals surface area contributed by atoms with Crippen LogP contribution in [0.25, 0.3) is 0 Å². The van der Waals surface area contributed by atoms with Crippen molar-refractivity contribution < 1.29 is 13.2 Å². The van der Waals surface area contributed by atoms with Crippen LogP contribution in [0.5, 0.6) is 0 Å². The van der Waals surface area contributed by atoms with Crippen molar-refractivity contribution in [3.8, 4) is 17.9 Å². The molecule has 0 fully saturated rings. The largest absolute Gasteiger partial charge is 0.416 e. The fourth-order valence-electron chi connectivity index (χ4n) is 0.893. The highest BCUT2D eigenvalue weighted by atomic mass is 35.5. The van der Waals surface area contributed by atoms with E-state index < -0.39 is 11.7 Å². The van der Waals surface area contributed by atoms with Crippen LogP contribution in [0.2, 0.25) is 5.02 Å². The van der Waals surface area contributed by atoms with Gasteiger partial charge in [0.05, 0.1) is 10.6 Å². The van der Waals surface area contributed by atoms with E-state index in [9.17, 15) is 13.2 Å². The van der Waals surface area contributed by atoms with Crippen molar-refractivity contribution >= 4 is 11.6 Å². The molecule has 0 aliphatic heterocycles. The zero-order valence-corrected chi connectivity index (χ0v) is 7.95. The normalized spacial score (nSPS) is 10.1. The maximum absolute atomic E-state index is 12.3. The van der Waals surface area contributed by atoms with Crippen LogP contribution in [0.4, 0.5) is 13.2 Å². The smallest absolute Gasteiger partial charge is 0.183 e. The third-order valence-corrected chi connectivity index (χ3v) is 1.88. The van der Waals surface area contributed by atoms with Gasteiger partial charge in [-0.25, -0.2) is 0 Å². The molecule has 0 radical (unpaired) electrons. The summed E-state index contributed by atoms with van der Waals surface area (Å²) in [6.45, 7) is 0. The number of rotatable bonds is 0. The Morgan fingerprint density at radius 3 is 2.47 bits per heavy atom. The summed E-state index contributed by atoms with van der Waals surface area (Å²) in [6.07, 6.45) is -4.44. The summed E-state index contributed by atoms with van der Waals surface area (Å²) in [7, 11) is 0. The van der Waals surface area contributed by atoms with Crippen molar-refractivity contribution in [3.05, 3.63) is 34.3 Å². The predicted octanol–water partition coefficient (Wildman–Crippen LogP) is 3.23. The average molecular weight is 230 g/mol. The van der Waals surface area contributed by atoms with E-state index in [-0.39, 0.29) is 10.6 Å². The molecule has 5 heteroatoms. The van der Waals surface area contributed by atoms with E-state index in [1.807, 2.05) is 5.92 Å². The number of nitriles is 1. The molecule has 1 nitrogen and oxygen atoms in total. The molecule has 0 heterocycles. The minimum atomic E-state index is -4.44. The molecule has 1 aromatic rings. The highest BCUT2D eigenvalue weighted by Crippen LogP contribution is 2.31.